The van der Waals surface area contributed by atoms with Crippen molar-refractivity contribution in [2.45, 2.75) is 151 Å². The van der Waals surface area contributed by atoms with Crippen molar-refractivity contribution in [2.75, 3.05) is 6.61 Å². The molecule has 0 radical (unpaired) electrons. The smallest absolute Gasteiger partial charge is 0.404 e. The van der Waals surface area contributed by atoms with Gasteiger partial charge in [0.25, 0.3) is 0 Å². The summed E-state index contributed by atoms with van der Waals surface area (Å²) < 4.78 is 26.2. The van der Waals surface area contributed by atoms with Crippen LogP contribution in [0.3, 0.4) is 0 Å². The topological polar surface area (TPSA) is 97.1 Å². The summed E-state index contributed by atoms with van der Waals surface area (Å²) >= 11 is 0. The predicted molar refractivity (Wildman–Crippen MR) is 214 cm³/mol. The van der Waals surface area contributed by atoms with Crippen LogP contribution in [0.4, 0.5) is 4.79 Å². The summed E-state index contributed by atoms with van der Waals surface area (Å²) in [6, 6.07) is 10.1. The molecule has 0 aliphatic rings. The first kappa shape index (κ1) is 46.0. The number of aldehydes is 1. The zero-order valence-electron chi connectivity index (χ0n) is 34.5. The van der Waals surface area contributed by atoms with Crippen LogP contribution < -0.4 is 5.73 Å². The van der Waals surface area contributed by atoms with Crippen LogP contribution in [0, 0.1) is 29.6 Å². The molecule has 0 heterocycles. The molecule has 1 aromatic carbocycles. The fourth-order valence-corrected chi connectivity index (χ4v) is 9.07. The Morgan fingerprint density at radius 2 is 1.32 bits per heavy atom. The lowest BCUT2D eigenvalue weighted by Gasteiger charge is -2.45. The van der Waals surface area contributed by atoms with Gasteiger partial charge in [-0.2, -0.15) is 0 Å². The van der Waals surface area contributed by atoms with E-state index in [2.05, 4.69) is 115 Å². The van der Waals surface area contributed by atoms with E-state index in [4.69, 9.17) is 24.1 Å². The summed E-state index contributed by atoms with van der Waals surface area (Å²) in [5, 5.41) is 0.0536. The summed E-state index contributed by atoms with van der Waals surface area (Å²) in [6.45, 7) is 36.5. The normalized spacial score (nSPS) is 18.5. The molecule has 0 fully saturated rings. The molecule has 1 rings (SSSR count). The van der Waals surface area contributed by atoms with E-state index in [0.717, 1.165) is 18.3 Å². The first-order valence-electron chi connectivity index (χ1n) is 18.6. The third-order valence-corrected chi connectivity index (χ3v) is 20.0. The molecule has 9 heteroatoms. The van der Waals surface area contributed by atoms with Crippen LogP contribution in [0.15, 0.2) is 54.1 Å². The van der Waals surface area contributed by atoms with Crippen molar-refractivity contribution >= 4 is 29.0 Å². The Kier molecular flexibility index (Phi) is 18.1. The minimum Gasteiger partial charge on any atom is -0.446 e. The number of benzene rings is 1. The van der Waals surface area contributed by atoms with Crippen LogP contribution in [0.25, 0.3) is 0 Å². The highest BCUT2D eigenvalue weighted by Gasteiger charge is 2.45. The fourth-order valence-electron chi connectivity index (χ4n) is 6.13. The molecule has 1 amide bonds. The summed E-state index contributed by atoms with van der Waals surface area (Å²) in [5.41, 5.74) is 8.02. The van der Waals surface area contributed by atoms with Gasteiger partial charge in [-0.05, 0) is 79.0 Å². The second-order valence-electron chi connectivity index (χ2n) is 17.9. The van der Waals surface area contributed by atoms with Gasteiger partial charge < -0.3 is 24.1 Å². The first-order valence-corrected chi connectivity index (χ1v) is 24.4. The van der Waals surface area contributed by atoms with E-state index >= 15 is 0 Å². The summed E-state index contributed by atoms with van der Waals surface area (Å²) in [7, 11) is -4.32. The van der Waals surface area contributed by atoms with Gasteiger partial charge >= 0.3 is 6.09 Å². The van der Waals surface area contributed by atoms with Crippen molar-refractivity contribution in [3.05, 3.63) is 59.7 Å². The van der Waals surface area contributed by atoms with Gasteiger partial charge in [-0.3, -0.25) is 4.79 Å². The van der Waals surface area contributed by atoms with Gasteiger partial charge in [0.2, 0.25) is 0 Å². The molecule has 0 aliphatic carbocycles. The van der Waals surface area contributed by atoms with E-state index in [1.165, 1.54) is 5.57 Å². The molecule has 286 valence electrons. The number of carbonyl (C=O) groups excluding carboxylic acids is 2. The van der Waals surface area contributed by atoms with Crippen LogP contribution in [0.5, 0.6) is 0 Å². The van der Waals surface area contributed by atoms with Crippen LogP contribution in [0.1, 0.15) is 95.1 Å². The lowest BCUT2D eigenvalue weighted by atomic mass is 9.81. The Morgan fingerprint density at radius 3 is 1.80 bits per heavy atom. The Hall–Kier alpha value is -2.05. The summed E-state index contributed by atoms with van der Waals surface area (Å²) in [4.78, 5) is 23.5. The standard InChI is InChI=1S/C41H73NO6Si2/c1-29(25-31(3)36(30(2)21-20-24-43)47-49(13,14)40(7,8)9)26-32(4)38(48-50(15,16)41(10,11)12)34(6)37(46-39(42)44)33(5)27-45-28-35-22-18-17-19-23-35/h17-25,30-34,36-38H,26-28H2,1-16H3,(H2,42,44)/t30-,31-,32-,33-,34+,36-,37-,38+/m0/s1. The molecule has 2 N–H and O–H groups in total. The van der Waals surface area contributed by atoms with E-state index in [9.17, 15) is 9.59 Å². The van der Waals surface area contributed by atoms with Crippen molar-refractivity contribution in [1.82, 2.24) is 0 Å². The van der Waals surface area contributed by atoms with Gasteiger partial charge in [0.05, 0.1) is 25.4 Å². The van der Waals surface area contributed by atoms with E-state index < -0.39 is 28.8 Å². The molecule has 0 aliphatic heterocycles. The number of carbonyl (C=O) groups is 2. The average Bonchev–Trinajstić information content (AvgIpc) is 2.98. The molecule has 8 atom stereocenters. The van der Waals surface area contributed by atoms with Crippen LogP contribution in [-0.2, 0) is 29.7 Å². The summed E-state index contributed by atoms with van der Waals surface area (Å²) in [5.74, 6) is 0.0524. The number of hydrogen-bond donors (Lipinski definition) is 1. The molecule has 7 nitrogen and oxygen atoms in total. The van der Waals surface area contributed by atoms with Crippen molar-refractivity contribution in [3.8, 4) is 0 Å². The van der Waals surface area contributed by atoms with Crippen LogP contribution in [0.2, 0.25) is 36.3 Å². The van der Waals surface area contributed by atoms with Crippen LogP contribution in [-0.4, -0.2) is 53.9 Å². The SMILES string of the molecule is CC(=C[C@H](C)[C@@H](O[Si](C)(C)C(C)(C)C)[C@@H](C)C=CC=O)C[C@H](C)[C@@H](O[Si](C)(C)C(C)(C)C)[C@H](C)[C@@H](OC(N)=O)[C@@H](C)COCc1ccccc1. The van der Waals surface area contributed by atoms with Gasteiger partial charge in [0, 0.05) is 11.8 Å². The monoisotopic (exact) mass is 731 g/mol. The first-order chi connectivity index (χ1) is 22.8. The zero-order chi connectivity index (χ0) is 38.7. The number of rotatable bonds is 20. The highest BCUT2D eigenvalue weighted by Crippen LogP contribution is 2.42. The minimum absolute atomic E-state index is 0.00593. The molecule has 0 saturated heterocycles. The van der Waals surface area contributed by atoms with Crippen molar-refractivity contribution in [1.29, 1.82) is 0 Å². The number of amides is 1. The van der Waals surface area contributed by atoms with Gasteiger partial charge in [-0.1, -0.05) is 124 Å². The molecule has 0 bridgehead atoms. The highest BCUT2D eigenvalue weighted by atomic mass is 28.4. The Labute approximate surface area is 308 Å². The molecular formula is C41H73NO6Si2. The molecule has 0 aromatic heterocycles. The molecule has 50 heavy (non-hydrogen) atoms. The van der Waals surface area contributed by atoms with Crippen LogP contribution >= 0.6 is 0 Å². The lowest BCUT2D eigenvalue weighted by Crippen LogP contribution is -2.51. The Morgan fingerprint density at radius 1 is 0.800 bits per heavy atom. The molecule has 1 aromatic rings. The van der Waals surface area contributed by atoms with Crippen molar-refractivity contribution in [3.63, 3.8) is 0 Å². The fraction of sp³-hybridized carbons (Fsp3) is 0.707. The largest absolute Gasteiger partial charge is 0.446 e. The maximum absolute atomic E-state index is 12.3. The second-order valence-corrected chi connectivity index (χ2v) is 27.4. The third-order valence-electron chi connectivity index (χ3n) is 11.1. The predicted octanol–water partition coefficient (Wildman–Crippen LogP) is 10.7. The molecule has 0 unspecified atom stereocenters. The second kappa shape index (κ2) is 19.7. The van der Waals surface area contributed by atoms with Crippen molar-refractivity contribution in [2.24, 2.45) is 35.3 Å². The van der Waals surface area contributed by atoms with E-state index in [0.29, 0.717) is 13.2 Å². The maximum atomic E-state index is 12.3. The minimum atomic E-state index is -2.23. The van der Waals surface area contributed by atoms with Gasteiger partial charge in [0.15, 0.2) is 16.6 Å². The van der Waals surface area contributed by atoms with E-state index in [1.54, 1.807) is 6.08 Å². The Balaban J connectivity index is 3.43. The number of allylic oxidation sites excluding steroid dienone is 2. The van der Waals surface area contributed by atoms with Crippen molar-refractivity contribution < 1.29 is 27.9 Å². The quantitative estimate of drug-likeness (QED) is 0.0621. The zero-order valence-corrected chi connectivity index (χ0v) is 36.5. The third kappa shape index (κ3) is 14.5. The maximum Gasteiger partial charge on any atom is 0.404 e. The van der Waals surface area contributed by atoms with Gasteiger partial charge in [-0.15, -0.1) is 0 Å². The average molecular weight is 732 g/mol. The number of hydrogen-bond acceptors (Lipinski definition) is 6. The molecular weight excluding hydrogens is 659 g/mol. The lowest BCUT2D eigenvalue weighted by molar-refractivity contribution is -0.104. The van der Waals surface area contributed by atoms with E-state index in [-0.39, 0.29) is 51.9 Å². The molecule has 0 spiro atoms. The van der Waals surface area contributed by atoms with E-state index in [1.807, 2.05) is 36.4 Å². The number of ether oxygens (including phenoxy) is 2. The highest BCUT2D eigenvalue weighted by molar-refractivity contribution is 6.74. The Bertz CT molecular complexity index is 1230. The summed E-state index contributed by atoms with van der Waals surface area (Å²) in [6.07, 6.45) is 5.99. The number of nitrogens with two attached hydrogens (primary N) is 1. The number of primary amides is 1. The molecule has 0 saturated carbocycles. The van der Waals surface area contributed by atoms with Gasteiger partial charge in [0.1, 0.15) is 12.4 Å². The van der Waals surface area contributed by atoms with Gasteiger partial charge in [-0.25, -0.2) is 4.79 Å².